The zero-order valence-electron chi connectivity index (χ0n) is 11.6. The van der Waals surface area contributed by atoms with Crippen LogP contribution >= 0.6 is 0 Å². The quantitative estimate of drug-likeness (QED) is 0.853. The molecule has 5 heteroatoms. The molecule has 0 atom stereocenters. The lowest BCUT2D eigenvalue weighted by Crippen LogP contribution is -2.16. The van der Waals surface area contributed by atoms with Crippen molar-refractivity contribution in [3.8, 4) is 11.4 Å². The Labute approximate surface area is 117 Å². The van der Waals surface area contributed by atoms with Crippen LogP contribution in [-0.2, 0) is 0 Å². The molecule has 3 rings (SSSR count). The van der Waals surface area contributed by atoms with E-state index in [9.17, 15) is 4.39 Å². The maximum atomic E-state index is 14.1. The number of hydrogen-bond donors (Lipinski definition) is 1. The Balaban J connectivity index is 2.11. The minimum Gasteiger partial charge on any atom is -0.398 e. The zero-order valence-corrected chi connectivity index (χ0v) is 11.6. The molecular formula is C15H19FN4. The first-order valence-electron chi connectivity index (χ1n) is 7.14. The van der Waals surface area contributed by atoms with E-state index < -0.39 is 0 Å². The fraction of sp³-hybridized carbons (Fsp3) is 0.467. The van der Waals surface area contributed by atoms with Crippen LogP contribution in [0.4, 0.5) is 10.1 Å². The standard InChI is InChI=1S/C15H19FN4/c1-10-18-19-15(14-12(16)8-5-9-13(14)17)20(10)11-6-3-2-4-7-11/h5,8-9,11H,2-4,6-7,17H2,1H3. The first-order valence-corrected chi connectivity index (χ1v) is 7.14. The third-order valence-electron chi connectivity index (χ3n) is 4.08. The lowest BCUT2D eigenvalue weighted by molar-refractivity contribution is 0.350. The fourth-order valence-electron chi connectivity index (χ4n) is 3.09. The van der Waals surface area contributed by atoms with Crippen molar-refractivity contribution in [1.82, 2.24) is 14.8 Å². The molecule has 1 aromatic carbocycles. The molecule has 4 nitrogen and oxygen atoms in total. The van der Waals surface area contributed by atoms with Crippen LogP contribution in [0.15, 0.2) is 18.2 Å². The Kier molecular flexibility index (Phi) is 3.42. The van der Waals surface area contributed by atoms with Crippen LogP contribution in [0.2, 0.25) is 0 Å². The van der Waals surface area contributed by atoms with Gasteiger partial charge in [-0.3, -0.25) is 0 Å². The van der Waals surface area contributed by atoms with Gasteiger partial charge in [0.15, 0.2) is 5.82 Å². The van der Waals surface area contributed by atoms with E-state index in [-0.39, 0.29) is 5.82 Å². The zero-order chi connectivity index (χ0) is 14.1. The summed E-state index contributed by atoms with van der Waals surface area (Å²) in [5.74, 6) is 1.05. The van der Waals surface area contributed by atoms with E-state index in [0.29, 0.717) is 23.1 Å². The molecule has 1 aliphatic carbocycles. The number of nitrogens with zero attached hydrogens (tertiary/aromatic N) is 3. The third kappa shape index (κ3) is 2.17. The topological polar surface area (TPSA) is 56.7 Å². The van der Waals surface area contributed by atoms with Gasteiger partial charge in [0.1, 0.15) is 11.6 Å². The highest BCUT2D eigenvalue weighted by Gasteiger charge is 2.24. The van der Waals surface area contributed by atoms with Crippen molar-refractivity contribution in [2.45, 2.75) is 45.1 Å². The second-order valence-corrected chi connectivity index (χ2v) is 5.44. The Morgan fingerprint density at radius 3 is 2.65 bits per heavy atom. The molecule has 0 radical (unpaired) electrons. The van der Waals surface area contributed by atoms with Crippen molar-refractivity contribution in [3.63, 3.8) is 0 Å². The number of rotatable bonds is 2. The van der Waals surface area contributed by atoms with Gasteiger partial charge in [-0.2, -0.15) is 0 Å². The monoisotopic (exact) mass is 274 g/mol. The first-order chi connectivity index (χ1) is 9.68. The van der Waals surface area contributed by atoms with Gasteiger partial charge < -0.3 is 10.3 Å². The van der Waals surface area contributed by atoms with E-state index >= 15 is 0 Å². The van der Waals surface area contributed by atoms with Crippen molar-refractivity contribution >= 4 is 5.69 Å². The molecule has 2 aromatic rings. The third-order valence-corrected chi connectivity index (χ3v) is 4.08. The SMILES string of the molecule is Cc1nnc(-c2c(N)cccc2F)n1C1CCCCC1. The molecule has 1 saturated carbocycles. The number of anilines is 1. The van der Waals surface area contributed by atoms with Crippen LogP contribution in [0.25, 0.3) is 11.4 Å². The lowest BCUT2D eigenvalue weighted by Gasteiger charge is -2.25. The number of aryl methyl sites for hydroxylation is 1. The van der Waals surface area contributed by atoms with Crippen molar-refractivity contribution < 1.29 is 4.39 Å². The summed E-state index contributed by atoms with van der Waals surface area (Å²) < 4.78 is 16.2. The van der Waals surface area contributed by atoms with Gasteiger partial charge in [-0.1, -0.05) is 25.3 Å². The molecule has 20 heavy (non-hydrogen) atoms. The summed E-state index contributed by atoms with van der Waals surface area (Å²) >= 11 is 0. The summed E-state index contributed by atoms with van der Waals surface area (Å²) in [6.45, 7) is 1.92. The molecule has 0 saturated heterocycles. The van der Waals surface area contributed by atoms with Crippen LogP contribution in [0.5, 0.6) is 0 Å². The van der Waals surface area contributed by atoms with Gasteiger partial charge in [0.05, 0.1) is 5.56 Å². The molecule has 2 N–H and O–H groups in total. The summed E-state index contributed by atoms with van der Waals surface area (Å²) in [5, 5.41) is 8.32. The first kappa shape index (κ1) is 13.1. The summed E-state index contributed by atoms with van der Waals surface area (Å²) in [5.41, 5.74) is 6.73. The van der Waals surface area contributed by atoms with Gasteiger partial charge in [0.2, 0.25) is 0 Å². The average molecular weight is 274 g/mol. The Morgan fingerprint density at radius 2 is 1.95 bits per heavy atom. The highest BCUT2D eigenvalue weighted by atomic mass is 19.1. The van der Waals surface area contributed by atoms with Gasteiger partial charge in [-0.25, -0.2) is 4.39 Å². The molecule has 0 spiro atoms. The molecule has 0 amide bonds. The molecule has 0 bridgehead atoms. The molecule has 0 aliphatic heterocycles. The van der Waals surface area contributed by atoms with E-state index in [1.165, 1.54) is 25.3 Å². The number of nitrogens with two attached hydrogens (primary N) is 1. The summed E-state index contributed by atoms with van der Waals surface area (Å²) in [6.07, 6.45) is 5.87. The molecule has 1 aliphatic rings. The lowest BCUT2D eigenvalue weighted by atomic mass is 9.95. The minimum absolute atomic E-state index is 0.338. The minimum atomic E-state index is -0.338. The molecule has 1 fully saturated rings. The molecule has 1 aromatic heterocycles. The van der Waals surface area contributed by atoms with Crippen LogP contribution < -0.4 is 5.73 Å². The fourth-order valence-corrected chi connectivity index (χ4v) is 3.09. The maximum absolute atomic E-state index is 14.1. The number of nitrogen functional groups attached to an aromatic ring is 1. The van der Waals surface area contributed by atoms with E-state index in [4.69, 9.17) is 5.73 Å². The van der Waals surface area contributed by atoms with Crippen LogP contribution in [-0.4, -0.2) is 14.8 Å². The van der Waals surface area contributed by atoms with Gasteiger partial charge in [0, 0.05) is 11.7 Å². The van der Waals surface area contributed by atoms with E-state index in [2.05, 4.69) is 14.8 Å². The van der Waals surface area contributed by atoms with E-state index in [1.54, 1.807) is 12.1 Å². The molecule has 1 heterocycles. The van der Waals surface area contributed by atoms with Crippen molar-refractivity contribution in [3.05, 3.63) is 29.8 Å². The summed E-state index contributed by atoms with van der Waals surface area (Å²) in [6, 6.07) is 5.09. The summed E-state index contributed by atoms with van der Waals surface area (Å²) in [7, 11) is 0. The van der Waals surface area contributed by atoms with E-state index in [1.807, 2.05) is 6.92 Å². The van der Waals surface area contributed by atoms with Gasteiger partial charge in [0.25, 0.3) is 0 Å². The Hall–Kier alpha value is -1.91. The number of benzene rings is 1. The Bertz CT molecular complexity index is 594. The van der Waals surface area contributed by atoms with Crippen LogP contribution in [0, 0.1) is 12.7 Å². The van der Waals surface area contributed by atoms with Crippen molar-refractivity contribution in [2.75, 3.05) is 5.73 Å². The highest BCUT2D eigenvalue weighted by Crippen LogP contribution is 2.35. The normalized spacial score (nSPS) is 16.5. The second-order valence-electron chi connectivity index (χ2n) is 5.44. The Morgan fingerprint density at radius 1 is 1.20 bits per heavy atom. The maximum Gasteiger partial charge on any atom is 0.169 e. The predicted molar refractivity (Wildman–Crippen MR) is 76.7 cm³/mol. The molecule has 0 unspecified atom stereocenters. The molecular weight excluding hydrogens is 255 g/mol. The predicted octanol–water partition coefficient (Wildman–Crippen LogP) is 3.48. The van der Waals surface area contributed by atoms with Crippen LogP contribution in [0.1, 0.15) is 44.0 Å². The van der Waals surface area contributed by atoms with Gasteiger partial charge in [-0.05, 0) is 31.9 Å². The largest absolute Gasteiger partial charge is 0.398 e. The van der Waals surface area contributed by atoms with E-state index in [0.717, 1.165) is 18.7 Å². The molecule has 106 valence electrons. The van der Waals surface area contributed by atoms with Crippen molar-refractivity contribution in [1.29, 1.82) is 0 Å². The highest BCUT2D eigenvalue weighted by molar-refractivity contribution is 5.72. The number of hydrogen-bond acceptors (Lipinski definition) is 3. The smallest absolute Gasteiger partial charge is 0.169 e. The average Bonchev–Trinajstić information content (AvgIpc) is 2.81. The van der Waals surface area contributed by atoms with Crippen LogP contribution in [0.3, 0.4) is 0 Å². The number of halogens is 1. The van der Waals surface area contributed by atoms with Gasteiger partial charge >= 0.3 is 0 Å². The van der Waals surface area contributed by atoms with Crippen molar-refractivity contribution in [2.24, 2.45) is 0 Å². The van der Waals surface area contributed by atoms with Gasteiger partial charge in [-0.15, -0.1) is 10.2 Å². The second kappa shape index (κ2) is 5.23. The summed E-state index contributed by atoms with van der Waals surface area (Å²) in [4.78, 5) is 0. The number of aromatic nitrogens is 3.